The second-order valence-corrected chi connectivity index (χ2v) is 5.99. The number of amides is 1. The summed E-state index contributed by atoms with van der Waals surface area (Å²) in [6.45, 7) is 2.46. The lowest BCUT2D eigenvalue weighted by atomic mass is 10.1. The second-order valence-electron chi connectivity index (χ2n) is 5.99. The van der Waals surface area contributed by atoms with Gasteiger partial charge in [-0.2, -0.15) is 5.90 Å². The third kappa shape index (κ3) is 6.69. The molecule has 0 aliphatic heterocycles. The quantitative estimate of drug-likeness (QED) is 0.300. The SMILES string of the molecule is CCC#CCCOc1ccc(/C=C/C(=O)Nc2ccccc2C(=O)ON)cc1OC. The molecule has 7 heteroatoms. The van der Waals surface area contributed by atoms with E-state index >= 15 is 0 Å². The van der Waals surface area contributed by atoms with E-state index < -0.39 is 11.9 Å². The Morgan fingerprint density at radius 2 is 1.93 bits per heavy atom. The van der Waals surface area contributed by atoms with Crippen molar-refractivity contribution in [3.63, 3.8) is 0 Å². The number of ether oxygens (including phenoxy) is 2. The molecule has 2 aromatic carbocycles. The van der Waals surface area contributed by atoms with E-state index in [0.717, 1.165) is 12.0 Å². The number of carbonyl (C=O) groups is 2. The standard InChI is InChI=1S/C23H24N2O5/c1-3-4-5-8-15-29-20-13-11-17(16-21(20)28-2)12-14-22(26)25-19-10-7-6-9-18(19)23(27)30-24/h6-7,9-14,16H,3,8,15,24H2,1-2H3,(H,25,26)/b14-12+. The van der Waals surface area contributed by atoms with Crippen LogP contribution in [-0.4, -0.2) is 25.6 Å². The Labute approximate surface area is 175 Å². The topological polar surface area (TPSA) is 99.9 Å². The molecule has 0 fully saturated rings. The Balaban J connectivity index is 2.03. The average molecular weight is 408 g/mol. The Kier molecular flexibility index (Phi) is 8.97. The van der Waals surface area contributed by atoms with Gasteiger partial charge in [0.1, 0.15) is 0 Å². The zero-order valence-electron chi connectivity index (χ0n) is 16.9. The first-order valence-electron chi connectivity index (χ1n) is 9.34. The zero-order chi connectivity index (χ0) is 21.8. The predicted octanol–water partition coefficient (Wildman–Crippen LogP) is 3.56. The third-order valence-corrected chi connectivity index (χ3v) is 3.91. The van der Waals surface area contributed by atoms with E-state index in [1.165, 1.54) is 12.1 Å². The summed E-state index contributed by atoms with van der Waals surface area (Å²) in [5.41, 5.74) is 1.21. The monoisotopic (exact) mass is 408 g/mol. The summed E-state index contributed by atoms with van der Waals surface area (Å²) < 4.78 is 11.1. The first kappa shape index (κ1) is 22.5. The molecule has 3 N–H and O–H groups in total. The van der Waals surface area contributed by atoms with Crippen LogP contribution in [0.15, 0.2) is 48.5 Å². The van der Waals surface area contributed by atoms with Crippen molar-refractivity contribution < 1.29 is 23.9 Å². The van der Waals surface area contributed by atoms with Crippen LogP contribution in [0.5, 0.6) is 11.5 Å². The number of anilines is 1. The van der Waals surface area contributed by atoms with Crippen LogP contribution in [-0.2, 0) is 9.63 Å². The summed E-state index contributed by atoms with van der Waals surface area (Å²) in [6.07, 6.45) is 4.43. The van der Waals surface area contributed by atoms with Gasteiger partial charge in [-0.1, -0.05) is 31.0 Å². The number of nitrogens with one attached hydrogen (secondary N) is 1. The Hall–Kier alpha value is -3.76. The van der Waals surface area contributed by atoms with Gasteiger partial charge in [-0.15, -0.1) is 5.92 Å². The fourth-order valence-corrected chi connectivity index (χ4v) is 2.51. The molecule has 0 unspecified atom stereocenters. The van der Waals surface area contributed by atoms with E-state index in [2.05, 4.69) is 22.0 Å². The van der Waals surface area contributed by atoms with Gasteiger partial charge in [0, 0.05) is 18.9 Å². The molecule has 0 bridgehead atoms. The van der Waals surface area contributed by atoms with Crippen LogP contribution in [0, 0.1) is 11.8 Å². The Bertz CT molecular complexity index is 973. The summed E-state index contributed by atoms with van der Waals surface area (Å²) in [6, 6.07) is 11.8. The van der Waals surface area contributed by atoms with Crippen LogP contribution in [0.4, 0.5) is 5.69 Å². The number of hydrogen-bond donors (Lipinski definition) is 2. The molecule has 2 aromatic rings. The smallest absolute Gasteiger partial charge is 0.358 e. The minimum Gasteiger partial charge on any atom is -0.493 e. The lowest BCUT2D eigenvalue weighted by molar-refractivity contribution is -0.111. The number of para-hydroxylation sites is 1. The molecular formula is C23H24N2O5. The number of hydrogen-bond acceptors (Lipinski definition) is 6. The normalized spacial score (nSPS) is 10.1. The Morgan fingerprint density at radius 3 is 2.67 bits per heavy atom. The summed E-state index contributed by atoms with van der Waals surface area (Å²) in [5, 5.41) is 2.63. The molecule has 0 heterocycles. The minimum atomic E-state index is -0.740. The number of rotatable bonds is 8. The van der Waals surface area contributed by atoms with E-state index in [0.29, 0.717) is 30.2 Å². The fourth-order valence-electron chi connectivity index (χ4n) is 2.51. The molecule has 0 spiro atoms. The van der Waals surface area contributed by atoms with Crippen LogP contribution >= 0.6 is 0 Å². The molecule has 0 aliphatic carbocycles. The van der Waals surface area contributed by atoms with Gasteiger partial charge in [0.15, 0.2) is 11.5 Å². The first-order valence-corrected chi connectivity index (χ1v) is 9.34. The zero-order valence-corrected chi connectivity index (χ0v) is 16.9. The van der Waals surface area contributed by atoms with Crippen molar-refractivity contribution in [2.45, 2.75) is 19.8 Å². The van der Waals surface area contributed by atoms with E-state index in [1.54, 1.807) is 49.6 Å². The van der Waals surface area contributed by atoms with Crippen molar-refractivity contribution in [3.8, 4) is 23.3 Å². The summed E-state index contributed by atoms with van der Waals surface area (Å²) >= 11 is 0. The highest BCUT2D eigenvalue weighted by molar-refractivity contribution is 6.06. The number of benzene rings is 2. The number of nitrogens with two attached hydrogens (primary N) is 1. The third-order valence-electron chi connectivity index (χ3n) is 3.91. The minimum absolute atomic E-state index is 0.161. The van der Waals surface area contributed by atoms with Gasteiger partial charge in [0.25, 0.3) is 0 Å². The van der Waals surface area contributed by atoms with Gasteiger partial charge < -0.3 is 19.6 Å². The van der Waals surface area contributed by atoms with Crippen LogP contribution in [0.25, 0.3) is 6.08 Å². The highest BCUT2D eigenvalue weighted by Crippen LogP contribution is 2.28. The van der Waals surface area contributed by atoms with Crippen molar-refractivity contribution in [1.29, 1.82) is 0 Å². The molecule has 0 aliphatic rings. The van der Waals surface area contributed by atoms with Gasteiger partial charge in [-0.3, -0.25) is 4.79 Å². The second kappa shape index (κ2) is 11.9. The lowest BCUT2D eigenvalue weighted by Crippen LogP contribution is -2.15. The molecule has 0 atom stereocenters. The maximum atomic E-state index is 12.2. The van der Waals surface area contributed by atoms with Crippen molar-refractivity contribution >= 4 is 23.6 Å². The highest BCUT2D eigenvalue weighted by atomic mass is 16.7. The van der Waals surface area contributed by atoms with E-state index in [9.17, 15) is 9.59 Å². The molecule has 2 rings (SSSR count). The molecule has 0 saturated carbocycles. The molecule has 156 valence electrons. The molecule has 0 aromatic heterocycles. The Morgan fingerprint density at radius 1 is 1.13 bits per heavy atom. The van der Waals surface area contributed by atoms with Gasteiger partial charge in [-0.25, -0.2) is 4.79 Å². The molecule has 7 nitrogen and oxygen atoms in total. The number of methoxy groups -OCH3 is 1. The predicted molar refractivity (Wildman–Crippen MR) is 115 cm³/mol. The van der Waals surface area contributed by atoms with Crippen LogP contribution in [0.3, 0.4) is 0 Å². The van der Waals surface area contributed by atoms with Crippen LogP contribution < -0.4 is 20.7 Å². The van der Waals surface area contributed by atoms with Gasteiger partial charge in [0.05, 0.1) is 25.0 Å². The maximum Gasteiger partial charge on any atom is 0.358 e. The van der Waals surface area contributed by atoms with Gasteiger partial charge >= 0.3 is 5.97 Å². The van der Waals surface area contributed by atoms with Crippen molar-refractivity contribution in [2.24, 2.45) is 5.90 Å². The van der Waals surface area contributed by atoms with Crippen molar-refractivity contribution in [3.05, 3.63) is 59.7 Å². The van der Waals surface area contributed by atoms with E-state index in [-0.39, 0.29) is 5.56 Å². The number of carbonyl (C=O) groups excluding carboxylic acids is 2. The largest absolute Gasteiger partial charge is 0.493 e. The van der Waals surface area contributed by atoms with Crippen molar-refractivity contribution in [1.82, 2.24) is 0 Å². The molecule has 1 amide bonds. The maximum absolute atomic E-state index is 12.2. The lowest BCUT2D eigenvalue weighted by Gasteiger charge is -2.10. The van der Waals surface area contributed by atoms with Gasteiger partial charge in [0.2, 0.25) is 5.91 Å². The van der Waals surface area contributed by atoms with E-state index in [1.807, 2.05) is 6.92 Å². The summed E-state index contributed by atoms with van der Waals surface area (Å²) in [5.74, 6) is 10.9. The van der Waals surface area contributed by atoms with Crippen LogP contribution in [0.1, 0.15) is 35.7 Å². The summed E-state index contributed by atoms with van der Waals surface area (Å²) in [4.78, 5) is 28.2. The molecule has 30 heavy (non-hydrogen) atoms. The van der Waals surface area contributed by atoms with Crippen LogP contribution in [0.2, 0.25) is 0 Å². The fraction of sp³-hybridized carbons (Fsp3) is 0.217. The molecular weight excluding hydrogens is 384 g/mol. The van der Waals surface area contributed by atoms with Gasteiger partial charge in [-0.05, 0) is 35.9 Å². The molecule has 0 saturated heterocycles. The first-order chi connectivity index (χ1) is 14.6. The van der Waals surface area contributed by atoms with E-state index in [4.69, 9.17) is 15.4 Å². The average Bonchev–Trinajstić information content (AvgIpc) is 2.77. The highest BCUT2D eigenvalue weighted by Gasteiger charge is 2.12. The molecule has 0 radical (unpaired) electrons. The van der Waals surface area contributed by atoms with Crippen molar-refractivity contribution in [2.75, 3.05) is 19.0 Å². The summed E-state index contributed by atoms with van der Waals surface area (Å²) in [7, 11) is 1.55.